The Balaban J connectivity index is 2.16. The summed E-state index contributed by atoms with van der Waals surface area (Å²) >= 11 is 1.54. The summed E-state index contributed by atoms with van der Waals surface area (Å²) < 4.78 is 6.78. The maximum atomic E-state index is 12.4. The van der Waals surface area contributed by atoms with Gasteiger partial charge in [-0.15, -0.1) is 0 Å². The summed E-state index contributed by atoms with van der Waals surface area (Å²) in [6.07, 6.45) is 3.65. The van der Waals surface area contributed by atoms with Crippen LogP contribution in [-0.2, 0) is 16.6 Å². The Hall–Kier alpha value is -1.08. The summed E-state index contributed by atoms with van der Waals surface area (Å²) in [5.41, 5.74) is -0.625. The summed E-state index contributed by atoms with van der Waals surface area (Å²) in [5, 5.41) is 8.30. The predicted octanol–water partition coefficient (Wildman–Crippen LogP) is 1.23. The van der Waals surface area contributed by atoms with Gasteiger partial charge in [0.05, 0.1) is 7.11 Å². The molecule has 0 aromatic carbocycles. The molecule has 1 unspecified atom stereocenters. The van der Waals surface area contributed by atoms with Crippen molar-refractivity contribution in [1.82, 2.24) is 20.1 Å². The van der Waals surface area contributed by atoms with Crippen LogP contribution in [0.4, 0.5) is 0 Å². The molecular weight excluding hydrogens is 276 g/mol. The van der Waals surface area contributed by atoms with Crippen molar-refractivity contribution in [3.05, 3.63) is 6.33 Å². The third-order valence-electron chi connectivity index (χ3n) is 3.47. The highest BCUT2D eigenvalue weighted by Crippen LogP contribution is 2.43. The molecule has 1 aliphatic rings. The van der Waals surface area contributed by atoms with Crippen LogP contribution in [0.1, 0.15) is 26.7 Å². The van der Waals surface area contributed by atoms with Crippen molar-refractivity contribution in [1.29, 1.82) is 0 Å². The van der Waals surface area contributed by atoms with Crippen molar-refractivity contribution >= 4 is 17.7 Å². The lowest BCUT2D eigenvalue weighted by atomic mass is 9.94. The number of hydrogen-bond donors (Lipinski definition) is 1. The minimum Gasteiger partial charge on any atom is -0.468 e. The number of nitrogens with one attached hydrogen (secondary N) is 1. The molecule has 1 N–H and O–H groups in total. The SMILES string of the molecule is COC(=O)C(CSc1ncnn1C)(NC(C)C)C1CC1. The zero-order chi connectivity index (χ0) is 14.8. The van der Waals surface area contributed by atoms with Crippen LogP contribution in [-0.4, -0.2) is 45.2 Å². The van der Waals surface area contributed by atoms with E-state index in [1.54, 1.807) is 16.4 Å². The number of carbonyl (C=O) groups excluding carboxylic acids is 1. The van der Waals surface area contributed by atoms with Crippen LogP contribution in [0.5, 0.6) is 0 Å². The van der Waals surface area contributed by atoms with Gasteiger partial charge in [-0.1, -0.05) is 11.8 Å². The Morgan fingerprint density at radius 3 is 2.80 bits per heavy atom. The average Bonchev–Trinajstić information content (AvgIpc) is 3.17. The summed E-state index contributed by atoms with van der Waals surface area (Å²) in [5.74, 6) is 0.774. The summed E-state index contributed by atoms with van der Waals surface area (Å²) in [6, 6.07) is 0.217. The van der Waals surface area contributed by atoms with E-state index in [4.69, 9.17) is 4.74 Å². The number of aryl methyl sites for hydroxylation is 1. The Bertz CT molecular complexity index is 473. The van der Waals surface area contributed by atoms with Crippen molar-refractivity contribution in [2.45, 2.75) is 43.4 Å². The molecule has 112 valence electrons. The maximum absolute atomic E-state index is 12.4. The fourth-order valence-electron chi connectivity index (χ4n) is 2.43. The summed E-state index contributed by atoms with van der Waals surface area (Å²) in [7, 11) is 3.30. The van der Waals surface area contributed by atoms with Crippen molar-refractivity contribution < 1.29 is 9.53 Å². The van der Waals surface area contributed by atoms with Gasteiger partial charge in [-0.05, 0) is 32.6 Å². The number of carbonyl (C=O) groups is 1. The number of thioether (sulfide) groups is 1. The quantitative estimate of drug-likeness (QED) is 0.603. The molecule has 1 aromatic rings. The first kappa shape index (κ1) is 15.3. The molecule has 2 rings (SSSR count). The van der Waals surface area contributed by atoms with Crippen molar-refractivity contribution in [3.63, 3.8) is 0 Å². The van der Waals surface area contributed by atoms with Crippen LogP contribution in [0.25, 0.3) is 0 Å². The second-order valence-corrected chi connectivity index (χ2v) is 6.43. The molecule has 0 bridgehead atoms. The lowest BCUT2D eigenvalue weighted by Crippen LogP contribution is -2.59. The standard InChI is InChI=1S/C13H22N4O2S/c1-9(2)16-13(10-5-6-10,11(18)19-4)7-20-12-14-8-15-17(12)3/h8-10,16H,5-7H2,1-4H3. The molecule has 0 aliphatic heterocycles. The molecule has 1 aliphatic carbocycles. The van der Waals surface area contributed by atoms with E-state index < -0.39 is 5.54 Å². The molecule has 1 saturated carbocycles. The zero-order valence-electron chi connectivity index (χ0n) is 12.4. The highest BCUT2D eigenvalue weighted by Gasteiger charge is 2.52. The molecule has 0 amide bonds. The van der Waals surface area contributed by atoms with Crippen LogP contribution in [0, 0.1) is 5.92 Å². The highest BCUT2D eigenvalue weighted by molar-refractivity contribution is 7.99. The molecule has 0 spiro atoms. The van der Waals surface area contributed by atoms with E-state index in [-0.39, 0.29) is 12.0 Å². The van der Waals surface area contributed by atoms with Crippen LogP contribution < -0.4 is 5.32 Å². The first-order chi connectivity index (χ1) is 9.49. The molecule has 1 heterocycles. The molecule has 1 fully saturated rings. The topological polar surface area (TPSA) is 69.0 Å². The van der Waals surface area contributed by atoms with E-state index in [1.165, 1.54) is 13.4 Å². The van der Waals surface area contributed by atoms with Gasteiger partial charge in [-0.2, -0.15) is 5.10 Å². The lowest BCUT2D eigenvalue weighted by Gasteiger charge is -2.33. The van der Waals surface area contributed by atoms with Crippen molar-refractivity contribution in [3.8, 4) is 0 Å². The van der Waals surface area contributed by atoms with Crippen molar-refractivity contribution in [2.24, 2.45) is 13.0 Å². The van der Waals surface area contributed by atoms with E-state index in [0.29, 0.717) is 11.7 Å². The van der Waals surface area contributed by atoms with Crippen LogP contribution in [0.2, 0.25) is 0 Å². The van der Waals surface area contributed by atoms with Crippen LogP contribution >= 0.6 is 11.8 Å². The van der Waals surface area contributed by atoms with Gasteiger partial charge in [-0.3, -0.25) is 10.1 Å². The minimum absolute atomic E-state index is 0.177. The molecular formula is C13H22N4O2S. The third kappa shape index (κ3) is 3.15. The fraction of sp³-hybridized carbons (Fsp3) is 0.769. The first-order valence-corrected chi connectivity index (χ1v) is 7.81. The van der Waals surface area contributed by atoms with Crippen molar-refractivity contribution in [2.75, 3.05) is 12.9 Å². The van der Waals surface area contributed by atoms with Gasteiger partial charge >= 0.3 is 5.97 Å². The van der Waals surface area contributed by atoms with Gasteiger partial charge in [-0.25, -0.2) is 9.67 Å². The molecule has 1 atom stereocenters. The van der Waals surface area contributed by atoms with Gasteiger partial charge in [0.1, 0.15) is 11.9 Å². The number of methoxy groups -OCH3 is 1. The normalized spacial score (nSPS) is 18.1. The van der Waals surface area contributed by atoms with Gasteiger partial charge in [0.25, 0.3) is 0 Å². The number of esters is 1. The average molecular weight is 298 g/mol. The van der Waals surface area contributed by atoms with E-state index in [0.717, 1.165) is 18.0 Å². The Morgan fingerprint density at radius 2 is 2.35 bits per heavy atom. The predicted molar refractivity (Wildman–Crippen MR) is 77.5 cm³/mol. The smallest absolute Gasteiger partial charge is 0.327 e. The second kappa shape index (κ2) is 6.13. The fourth-order valence-corrected chi connectivity index (χ4v) is 3.58. The first-order valence-electron chi connectivity index (χ1n) is 6.82. The van der Waals surface area contributed by atoms with Gasteiger partial charge in [0.15, 0.2) is 5.16 Å². The van der Waals surface area contributed by atoms with Crippen LogP contribution in [0.15, 0.2) is 11.5 Å². The van der Waals surface area contributed by atoms with Gasteiger partial charge < -0.3 is 4.74 Å². The maximum Gasteiger partial charge on any atom is 0.327 e. The Kier molecular flexibility index (Phi) is 4.70. The number of aromatic nitrogens is 3. The molecule has 0 saturated heterocycles. The monoisotopic (exact) mass is 298 g/mol. The molecule has 0 radical (unpaired) electrons. The molecule has 1 aromatic heterocycles. The van der Waals surface area contributed by atoms with Crippen LogP contribution in [0.3, 0.4) is 0 Å². The van der Waals surface area contributed by atoms with E-state index in [2.05, 4.69) is 15.4 Å². The molecule has 7 heteroatoms. The van der Waals surface area contributed by atoms with Gasteiger partial charge in [0, 0.05) is 18.8 Å². The Morgan fingerprint density at radius 1 is 1.65 bits per heavy atom. The number of hydrogen-bond acceptors (Lipinski definition) is 6. The third-order valence-corrected chi connectivity index (χ3v) is 4.70. The minimum atomic E-state index is -0.625. The number of rotatable bonds is 7. The van der Waals surface area contributed by atoms with E-state index in [9.17, 15) is 4.79 Å². The number of nitrogens with zero attached hydrogens (tertiary/aromatic N) is 3. The molecule has 6 nitrogen and oxygen atoms in total. The largest absolute Gasteiger partial charge is 0.468 e. The second-order valence-electron chi connectivity index (χ2n) is 5.49. The number of ether oxygens (including phenoxy) is 1. The lowest BCUT2D eigenvalue weighted by molar-refractivity contribution is -0.148. The van der Waals surface area contributed by atoms with E-state index >= 15 is 0 Å². The van der Waals surface area contributed by atoms with Gasteiger partial charge in [0.2, 0.25) is 0 Å². The summed E-state index contributed by atoms with van der Waals surface area (Å²) in [4.78, 5) is 16.6. The Labute approximate surface area is 123 Å². The van der Waals surface area contributed by atoms with E-state index in [1.807, 2.05) is 20.9 Å². The molecule has 20 heavy (non-hydrogen) atoms. The summed E-state index contributed by atoms with van der Waals surface area (Å²) in [6.45, 7) is 4.10. The highest BCUT2D eigenvalue weighted by atomic mass is 32.2. The zero-order valence-corrected chi connectivity index (χ0v) is 13.2.